The number of nitrogens with zero attached hydrogens (tertiary/aromatic N) is 3. The van der Waals surface area contributed by atoms with Gasteiger partial charge in [-0.05, 0) is 82.1 Å². The van der Waals surface area contributed by atoms with Crippen molar-refractivity contribution in [3.8, 4) is 0 Å². The second kappa shape index (κ2) is 12.4. The summed E-state index contributed by atoms with van der Waals surface area (Å²) < 4.78 is 12.2. The van der Waals surface area contributed by atoms with Gasteiger partial charge in [-0.3, -0.25) is 19.2 Å². The van der Waals surface area contributed by atoms with Gasteiger partial charge < -0.3 is 24.2 Å². The summed E-state index contributed by atoms with van der Waals surface area (Å²) in [6.07, 6.45) is 13.2. The predicted molar refractivity (Wildman–Crippen MR) is 160 cm³/mol. The van der Waals surface area contributed by atoms with Crippen LogP contribution in [-0.4, -0.2) is 90.4 Å². The smallest absolute Gasteiger partial charge is 0.320 e. The zero-order valence-corrected chi connectivity index (χ0v) is 26.2. The Morgan fingerprint density at radius 3 is 2.37 bits per heavy atom. The summed E-state index contributed by atoms with van der Waals surface area (Å²) in [7, 11) is 1.42. The van der Waals surface area contributed by atoms with E-state index >= 15 is 0 Å². The Bertz CT molecular complexity index is 1180. The maximum atomic E-state index is 14.4. The number of likely N-dealkylation sites (tertiary alicyclic amines) is 1. The van der Waals surface area contributed by atoms with Crippen LogP contribution < -0.4 is 0 Å². The first kappa shape index (κ1) is 30.4. The Kier molecular flexibility index (Phi) is 8.73. The second-order valence-electron chi connectivity index (χ2n) is 14.1. The van der Waals surface area contributed by atoms with E-state index in [4.69, 9.17) is 9.47 Å². The number of fused-ring (bicyclic) bond motifs is 1. The molecule has 0 bridgehead atoms. The molecule has 3 amide bonds. The van der Waals surface area contributed by atoms with Crippen molar-refractivity contribution in [3.05, 3.63) is 23.4 Å². The number of piperazine rings is 1. The molecule has 4 atom stereocenters. The first-order chi connectivity index (χ1) is 20.7. The predicted octanol–water partition coefficient (Wildman–Crippen LogP) is 4.07. The van der Waals surface area contributed by atoms with Gasteiger partial charge in [0.2, 0.25) is 17.7 Å². The maximum Gasteiger partial charge on any atom is 0.320 e. The van der Waals surface area contributed by atoms with Gasteiger partial charge in [0.15, 0.2) is 0 Å². The van der Waals surface area contributed by atoms with Crippen molar-refractivity contribution in [1.82, 2.24) is 14.7 Å². The molecule has 0 spiro atoms. The van der Waals surface area contributed by atoms with Crippen molar-refractivity contribution in [3.63, 3.8) is 0 Å². The van der Waals surface area contributed by atoms with Crippen LogP contribution in [0.2, 0.25) is 0 Å². The van der Waals surface area contributed by atoms with Crippen LogP contribution in [0.5, 0.6) is 0 Å². The highest BCUT2D eigenvalue weighted by Gasteiger charge is 2.64. The first-order valence-corrected chi connectivity index (χ1v) is 16.7. The molecule has 6 rings (SSSR count). The number of esters is 1. The Balaban J connectivity index is 1.28. The van der Waals surface area contributed by atoms with Crippen LogP contribution in [0.1, 0.15) is 84.5 Å². The molecule has 4 fully saturated rings. The molecule has 236 valence electrons. The third-order valence-electron chi connectivity index (χ3n) is 10.6. The number of allylic oxidation sites excluding steroid dienone is 1. The Morgan fingerprint density at radius 2 is 1.77 bits per heavy atom. The van der Waals surface area contributed by atoms with Gasteiger partial charge in [0.25, 0.3) is 0 Å². The van der Waals surface area contributed by atoms with Crippen molar-refractivity contribution in [2.45, 2.75) is 96.7 Å². The molecule has 0 radical (unpaired) electrons. The molecular formula is C34H49N3O6. The van der Waals surface area contributed by atoms with E-state index in [-0.39, 0.29) is 66.5 Å². The van der Waals surface area contributed by atoms with Gasteiger partial charge in [0.05, 0.1) is 19.3 Å². The van der Waals surface area contributed by atoms with E-state index in [0.29, 0.717) is 32.7 Å². The fraction of sp³-hybridized carbons (Fsp3) is 0.765. The number of piperidine rings is 1. The van der Waals surface area contributed by atoms with Gasteiger partial charge in [0.1, 0.15) is 5.41 Å². The van der Waals surface area contributed by atoms with Crippen molar-refractivity contribution in [2.75, 3.05) is 39.8 Å². The summed E-state index contributed by atoms with van der Waals surface area (Å²) in [5.74, 6) is -0.369. The van der Waals surface area contributed by atoms with Crippen LogP contribution >= 0.6 is 0 Å². The van der Waals surface area contributed by atoms with Gasteiger partial charge >= 0.3 is 5.97 Å². The molecule has 6 aliphatic rings. The molecule has 0 aromatic carbocycles. The largest absolute Gasteiger partial charge is 0.468 e. The van der Waals surface area contributed by atoms with E-state index in [9.17, 15) is 19.2 Å². The Morgan fingerprint density at radius 1 is 1.05 bits per heavy atom. The molecule has 2 saturated carbocycles. The average molecular weight is 596 g/mol. The van der Waals surface area contributed by atoms with Crippen molar-refractivity contribution in [2.24, 2.45) is 29.1 Å². The molecule has 43 heavy (non-hydrogen) atoms. The van der Waals surface area contributed by atoms with Crippen LogP contribution in [0.4, 0.5) is 0 Å². The molecule has 9 heteroatoms. The average Bonchev–Trinajstić information content (AvgIpc) is 3.94. The van der Waals surface area contributed by atoms with Crippen LogP contribution in [0.15, 0.2) is 23.4 Å². The number of hydrogen-bond acceptors (Lipinski definition) is 6. The molecule has 3 heterocycles. The summed E-state index contributed by atoms with van der Waals surface area (Å²) in [6.45, 7) is 6.74. The maximum absolute atomic E-state index is 14.4. The molecule has 2 saturated heterocycles. The molecule has 0 aromatic rings. The third kappa shape index (κ3) is 6.03. The SMILES string of the molecule is COC(=O)[C@]12C[C@H](CC(=O)N3CCN(C(=O)C4CC4)CC3)C(=O)N(CCC3=CCCCC3)C1=C[C@H](C(C)C)O[C@@H]2C1CC1. The molecular weight excluding hydrogens is 546 g/mol. The molecule has 0 N–H and O–H groups in total. The van der Waals surface area contributed by atoms with Crippen molar-refractivity contribution in [1.29, 1.82) is 0 Å². The fourth-order valence-electron chi connectivity index (χ4n) is 7.77. The number of methoxy groups -OCH3 is 1. The fourth-order valence-corrected chi connectivity index (χ4v) is 7.77. The van der Waals surface area contributed by atoms with Gasteiger partial charge in [-0.2, -0.15) is 0 Å². The summed E-state index contributed by atoms with van der Waals surface area (Å²) in [5, 5.41) is 0. The Labute approximate surface area is 256 Å². The van der Waals surface area contributed by atoms with Crippen LogP contribution in [-0.2, 0) is 28.7 Å². The second-order valence-corrected chi connectivity index (χ2v) is 14.1. The summed E-state index contributed by atoms with van der Waals surface area (Å²) >= 11 is 0. The van der Waals surface area contributed by atoms with Gasteiger partial charge in [-0.15, -0.1) is 0 Å². The molecule has 3 aliphatic carbocycles. The first-order valence-electron chi connectivity index (χ1n) is 16.7. The normalized spacial score (nSPS) is 31.4. The van der Waals surface area contributed by atoms with E-state index in [1.807, 2.05) is 15.9 Å². The number of rotatable bonds is 9. The number of carbonyl (C=O) groups is 4. The molecule has 0 unspecified atom stereocenters. The highest BCUT2D eigenvalue weighted by molar-refractivity contribution is 5.93. The summed E-state index contributed by atoms with van der Waals surface area (Å²) in [4.78, 5) is 60.1. The zero-order valence-electron chi connectivity index (χ0n) is 26.2. The van der Waals surface area contributed by atoms with E-state index in [2.05, 4.69) is 19.9 Å². The number of amides is 3. The Hall–Kier alpha value is -2.68. The van der Waals surface area contributed by atoms with Crippen LogP contribution in [0.25, 0.3) is 0 Å². The molecule has 3 aliphatic heterocycles. The van der Waals surface area contributed by atoms with E-state index in [1.54, 1.807) is 4.90 Å². The highest BCUT2D eigenvalue weighted by Crippen LogP contribution is 2.56. The van der Waals surface area contributed by atoms with Crippen molar-refractivity contribution < 1.29 is 28.7 Å². The van der Waals surface area contributed by atoms with E-state index in [1.165, 1.54) is 19.1 Å². The zero-order chi connectivity index (χ0) is 30.3. The van der Waals surface area contributed by atoms with Crippen LogP contribution in [0, 0.1) is 29.1 Å². The topological polar surface area (TPSA) is 96.5 Å². The lowest BCUT2D eigenvalue weighted by molar-refractivity contribution is -0.182. The lowest BCUT2D eigenvalue weighted by Gasteiger charge is -2.53. The number of carbonyl (C=O) groups excluding carboxylic acids is 4. The number of ether oxygens (including phenoxy) is 2. The van der Waals surface area contributed by atoms with Gasteiger partial charge in [-0.25, -0.2) is 0 Å². The highest BCUT2D eigenvalue weighted by atomic mass is 16.5. The van der Waals surface area contributed by atoms with Gasteiger partial charge in [0, 0.05) is 56.7 Å². The third-order valence-corrected chi connectivity index (χ3v) is 10.6. The summed E-state index contributed by atoms with van der Waals surface area (Å²) in [5.41, 5.74) is 0.987. The van der Waals surface area contributed by atoms with Crippen molar-refractivity contribution >= 4 is 23.7 Å². The lowest BCUT2D eigenvalue weighted by Crippen LogP contribution is -2.62. The quantitative estimate of drug-likeness (QED) is 0.295. The minimum atomic E-state index is -1.11. The monoisotopic (exact) mass is 595 g/mol. The minimum absolute atomic E-state index is 0.0472. The lowest BCUT2D eigenvalue weighted by atomic mass is 9.64. The molecule has 0 aromatic heterocycles. The number of hydrogen-bond donors (Lipinski definition) is 0. The van der Waals surface area contributed by atoms with Crippen LogP contribution in [0.3, 0.4) is 0 Å². The minimum Gasteiger partial charge on any atom is -0.468 e. The van der Waals surface area contributed by atoms with E-state index < -0.39 is 11.3 Å². The van der Waals surface area contributed by atoms with E-state index in [0.717, 1.165) is 57.1 Å². The standard InChI is InChI=1S/C34H49N3O6/c1-22(2)27-20-28-34(33(41)42-3,30(43-27)24-9-10-24)21-26(32(40)37(28)14-13-23-7-5-4-6-8-23)19-29(38)35-15-17-36(18-16-35)31(39)25-11-12-25/h7,20,22,24-27,30H,4-6,8-19,21H2,1-3H3/t26-,27+,30+,34+/m0/s1. The molecule has 9 nitrogen and oxygen atoms in total. The summed E-state index contributed by atoms with van der Waals surface area (Å²) in [6, 6.07) is 0. The van der Waals surface area contributed by atoms with Gasteiger partial charge in [-0.1, -0.05) is 25.5 Å².